The molecule has 0 spiro atoms. The molecular weight excluding hydrogens is 316 g/mol. The van der Waals surface area contributed by atoms with Crippen molar-refractivity contribution in [1.82, 2.24) is 9.62 Å². The molecule has 3 rings (SSSR count). The van der Waals surface area contributed by atoms with Gasteiger partial charge < -0.3 is 9.64 Å². The number of sulfonamides is 1. The lowest BCUT2D eigenvalue weighted by Gasteiger charge is -2.35. The summed E-state index contributed by atoms with van der Waals surface area (Å²) in [4.78, 5) is 14.5. The average Bonchev–Trinajstić information content (AvgIpc) is 3.29. The molecule has 2 aliphatic rings. The summed E-state index contributed by atoms with van der Waals surface area (Å²) in [5.74, 6) is -0.0916. The van der Waals surface area contributed by atoms with E-state index < -0.39 is 10.0 Å². The number of carbonyl (C=O) groups is 1. The summed E-state index contributed by atoms with van der Waals surface area (Å²) in [7, 11) is -3.48. The molecule has 126 valence electrons. The monoisotopic (exact) mass is 338 g/mol. The summed E-state index contributed by atoms with van der Waals surface area (Å²) >= 11 is 0. The summed E-state index contributed by atoms with van der Waals surface area (Å²) in [5, 5.41) is 0. The van der Waals surface area contributed by atoms with Crippen molar-refractivity contribution in [3.63, 3.8) is 0 Å². The van der Waals surface area contributed by atoms with Crippen LogP contribution < -0.4 is 4.72 Å². The van der Waals surface area contributed by atoms with Gasteiger partial charge in [-0.1, -0.05) is 0 Å². The van der Waals surface area contributed by atoms with Crippen LogP contribution in [0.3, 0.4) is 0 Å². The van der Waals surface area contributed by atoms with Gasteiger partial charge in [0.15, 0.2) is 0 Å². The highest BCUT2D eigenvalue weighted by atomic mass is 32.2. The SMILES string of the molecule is CC1CN(C(=O)c2ccc(S(=O)(=O)NC3CC3)cc2)CC(C)O1. The zero-order valence-corrected chi connectivity index (χ0v) is 14.2. The number of rotatable bonds is 4. The summed E-state index contributed by atoms with van der Waals surface area (Å²) in [6.07, 6.45) is 1.79. The Morgan fingerprint density at radius 3 is 2.22 bits per heavy atom. The number of nitrogens with zero attached hydrogens (tertiary/aromatic N) is 1. The van der Waals surface area contributed by atoms with E-state index in [1.807, 2.05) is 13.8 Å². The minimum atomic E-state index is -3.48. The normalized spacial score (nSPS) is 25.4. The summed E-state index contributed by atoms with van der Waals surface area (Å²) < 4.78 is 32.5. The largest absolute Gasteiger partial charge is 0.372 e. The number of nitrogens with one attached hydrogen (secondary N) is 1. The van der Waals surface area contributed by atoms with Crippen molar-refractivity contribution in [3.8, 4) is 0 Å². The van der Waals surface area contributed by atoms with E-state index in [1.54, 1.807) is 17.0 Å². The number of amides is 1. The maximum absolute atomic E-state index is 12.5. The highest BCUT2D eigenvalue weighted by Crippen LogP contribution is 2.22. The van der Waals surface area contributed by atoms with Gasteiger partial charge in [-0.15, -0.1) is 0 Å². The Morgan fingerprint density at radius 2 is 1.70 bits per heavy atom. The molecule has 6 nitrogen and oxygen atoms in total. The van der Waals surface area contributed by atoms with Crippen LogP contribution in [-0.2, 0) is 14.8 Å². The number of hydrogen-bond donors (Lipinski definition) is 1. The van der Waals surface area contributed by atoms with E-state index >= 15 is 0 Å². The molecule has 1 aliphatic heterocycles. The molecule has 2 atom stereocenters. The molecule has 0 bridgehead atoms. The quantitative estimate of drug-likeness (QED) is 0.900. The minimum Gasteiger partial charge on any atom is -0.372 e. The van der Waals surface area contributed by atoms with Crippen LogP contribution in [0, 0.1) is 0 Å². The summed E-state index contributed by atoms with van der Waals surface area (Å²) in [5.41, 5.74) is 0.497. The van der Waals surface area contributed by atoms with E-state index in [4.69, 9.17) is 4.74 Å². The number of carbonyl (C=O) groups excluding carboxylic acids is 1. The van der Waals surface area contributed by atoms with E-state index in [9.17, 15) is 13.2 Å². The Morgan fingerprint density at radius 1 is 1.13 bits per heavy atom. The van der Waals surface area contributed by atoms with E-state index in [-0.39, 0.29) is 29.1 Å². The number of benzene rings is 1. The molecular formula is C16H22N2O4S. The molecule has 2 unspecified atom stereocenters. The molecule has 2 fully saturated rings. The highest BCUT2D eigenvalue weighted by molar-refractivity contribution is 7.89. The van der Waals surface area contributed by atoms with Crippen molar-refractivity contribution in [2.24, 2.45) is 0 Å². The smallest absolute Gasteiger partial charge is 0.254 e. The fraction of sp³-hybridized carbons (Fsp3) is 0.562. The summed E-state index contributed by atoms with van der Waals surface area (Å²) in [6.45, 7) is 4.98. The second-order valence-corrected chi connectivity index (χ2v) is 8.10. The Balaban J connectivity index is 1.72. The Bertz CT molecular complexity index is 673. The molecule has 1 aromatic carbocycles. The third-order valence-electron chi connectivity index (χ3n) is 4.02. The van der Waals surface area contributed by atoms with Crippen LogP contribution >= 0.6 is 0 Å². The predicted octanol–water partition coefficient (Wildman–Crippen LogP) is 1.38. The first-order valence-corrected chi connectivity index (χ1v) is 9.40. The Kier molecular flexibility index (Phi) is 4.44. The van der Waals surface area contributed by atoms with Gasteiger partial charge in [-0.3, -0.25) is 4.79 Å². The third kappa shape index (κ3) is 3.91. The molecule has 1 saturated heterocycles. The molecule has 1 amide bonds. The van der Waals surface area contributed by atoms with Crippen LogP contribution in [0.2, 0.25) is 0 Å². The average molecular weight is 338 g/mol. The first-order chi connectivity index (χ1) is 10.8. The molecule has 1 saturated carbocycles. The first kappa shape index (κ1) is 16.4. The molecule has 0 aromatic heterocycles. The van der Waals surface area contributed by atoms with Gasteiger partial charge >= 0.3 is 0 Å². The van der Waals surface area contributed by atoms with Crippen molar-refractivity contribution in [1.29, 1.82) is 0 Å². The van der Waals surface area contributed by atoms with E-state index in [0.717, 1.165) is 12.8 Å². The van der Waals surface area contributed by atoms with E-state index in [2.05, 4.69) is 4.72 Å². The van der Waals surface area contributed by atoms with Crippen molar-refractivity contribution in [3.05, 3.63) is 29.8 Å². The topological polar surface area (TPSA) is 75.7 Å². The summed E-state index contributed by atoms with van der Waals surface area (Å²) in [6, 6.07) is 6.21. The number of ether oxygens (including phenoxy) is 1. The predicted molar refractivity (Wildman–Crippen MR) is 85.7 cm³/mol. The van der Waals surface area contributed by atoms with E-state index in [1.165, 1.54) is 12.1 Å². The van der Waals surface area contributed by atoms with Crippen LogP contribution in [0.25, 0.3) is 0 Å². The van der Waals surface area contributed by atoms with Crippen LogP contribution in [0.4, 0.5) is 0 Å². The number of morpholine rings is 1. The molecule has 7 heteroatoms. The Labute approximate surface area is 136 Å². The van der Waals surface area contributed by atoms with Crippen LogP contribution in [0.5, 0.6) is 0 Å². The lowest BCUT2D eigenvalue weighted by molar-refractivity contribution is -0.0586. The standard InChI is InChI=1S/C16H22N2O4S/c1-11-9-18(10-12(2)22-11)16(19)13-3-7-15(8-4-13)23(20,21)17-14-5-6-14/h3-4,7-8,11-12,14,17H,5-6,9-10H2,1-2H3. The van der Waals surface area contributed by atoms with Gasteiger partial charge in [0, 0.05) is 24.7 Å². The second kappa shape index (κ2) is 6.22. The first-order valence-electron chi connectivity index (χ1n) is 7.92. The van der Waals surface area contributed by atoms with Gasteiger partial charge in [0.2, 0.25) is 10.0 Å². The Hall–Kier alpha value is -1.44. The van der Waals surface area contributed by atoms with Crippen molar-refractivity contribution in [2.75, 3.05) is 13.1 Å². The molecule has 23 heavy (non-hydrogen) atoms. The van der Waals surface area contributed by atoms with Crippen molar-refractivity contribution >= 4 is 15.9 Å². The van der Waals surface area contributed by atoms with Gasteiger partial charge in [0.1, 0.15) is 0 Å². The van der Waals surface area contributed by atoms with Crippen molar-refractivity contribution in [2.45, 2.75) is 49.8 Å². The zero-order valence-electron chi connectivity index (χ0n) is 13.4. The van der Waals surface area contributed by atoms with Gasteiger partial charge in [-0.25, -0.2) is 13.1 Å². The maximum atomic E-state index is 12.5. The molecule has 0 radical (unpaired) electrons. The lowest BCUT2D eigenvalue weighted by atomic mass is 10.1. The second-order valence-electron chi connectivity index (χ2n) is 6.39. The third-order valence-corrected chi connectivity index (χ3v) is 5.55. The highest BCUT2D eigenvalue weighted by Gasteiger charge is 2.29. The van der Waals surface area contributed by atoms with Crippen molar-refractivity contribution < 1.29 is 17.9 Å². The molecule has 1 aromatic rings. The van der Waals surface area contributed by atoms with Gasteiger partial charge in [-0.05, 0) is 51.0 Å². The van der Waals surface area contributed by atoms with Gasteiger partial charge in [-0.2, -0.15) is 0 Å². The van der Waals surface area contributed by atoms with Gasteiger partial charge in [0.25, 0.3) is 5.91 Å². The van der Waals surface area contributed by atoms with Gasteiger partial charge in [0.05, 0.1) is 17.1 Å². The zero-order chi connectivity index (χ0) is 16.6. The fourth-order valence-corrected chi connectivity index (χ4v) is 4.10. The number of hydrogen-bond acceptors (Lipinski definition) is 4. The fourth-order valence-electron chi connectivity index (χ4n) is 2.79. The molecule has 1 aliphatic carbocycles. The van der Waals surface area contributed by atoms with Crippen LogP contribution in [0.1, 0.15) is 37.0 Å². The molecule has 1 heterocycles. The van der Waals surface area contributed by atoms with E-state index in [0.29, 0.717) is 18.7 Å². The lowest BCUT2D eigenvalue weighted by Crippen LogP contribution is -2.48. The maximum Gasteiger partial charge on any atom is 0.254 e. The van der Waals surface area contributed by atoms with Crippen LogP contribution in [-0.4, -0.2) is 50.6 Å². The van der Waals surface area contributed by atoms with Crippen LogP contribution in [0.15, 0.2) is 29.2 Å². The minimum absolute atomic E-state index is 0.00472. The molecule has 1 N–H and O–H groups in total.